The number of alkyl carbamates (subject to hydrolysis) is 3. The third kappa shape index (κ3) is 22.6. The Hall–Kier alpha value is -8.90. The molecule has 3 fully saturated rings. The van der Waals surface area contributed by atoms with Gasteiger partial charge in [0.25, 0.3) is 17.1 Å². The maximum atomic E-state index is 14.2. The first kappa shape index (κ1) is 76.5. The average Bonchev–Trinajstić information content (AvgIpc) is 0.766. The first-order valence-electron chi connectivity index (χ1n) is 31.9. The molecule has 3 aromatic carbocycles. The number of nitrogens with one attached hydrogen (secondary N) is 5. The molecule has 34 nitrogen and oxygen atoms in total. The number of nitro groups is 3. The molecule has 9 N–H and O–H groups in total. The van der Waals surface area contributed by atoms with E-state index in [1.807, 2.05) is 20.8 Å². The van der Waals surface area contributed by atoms with Gasteiger partial charge in [0.05, 0.1) is 52.1 Å². The summed E-state index contributed by atoms with van der Waals surface area (Å²) < 4.78 is 47.5. The van der Waals surface area contributed by atoms with Crippen molar-refractivity contribution in [3.8, 4) is 0 Å². The molecule has 0 bridgehead atoms. The van der Waals surface area contributed by atoms with Crippen LogP contribution in [0.5, 0.6) is 0 Å². The number of ether oxygens (including phenoxy) is 8. The zero-order valence-corrected chi connectivity index (χ0v) is 55.7. The minimum Gasteiger partial charge on any atom is -0.466 e. The highest BCUT2D eigenvalue weighted by Gasteiger charge is 2.55. The average molecular weight is 1380 g/mol. The van der Waals surface area contributed by atoms with Crippen LogP contribution in [0.1, 0.15) is 104 Å². The maximum Gasteiger partial charge on any atom is 0.410 e. The number of aliphatic hydroxyl groups excluding tert-OH is 3. The molecule has 538 valence electrons. The Balaban J connectivity index is 1.18. The Morgan fingerprint density at radius 3 is 1.67 bits per heavy atom. The van der Waals surface area contributed by atoms with Crippen molar-refractivity contribution in [2.24, 2.45) is 11.3 Å². The van der Waals surface area contributed by atoms with Gasteiger partial charge in [0.1, 0.15) is 67.3 Å². The van der Waals surface area contributed by atoms with E-state index in [4.69, 9.17) is 37.9 Å². The molecule has 4 aliphatic rings. The molecule has 0 unspecified atom stereocenters. The Morgan fingerprint density at radius 1 is 0.704 bits per heavy atom. The third-order valence-corrected chi connectivity index (χ3v) is 16.5. The van der Waals surface area contributed by atoms with Crippen LogP contribution in [0.25, 0.3) is 0 Å². The number of hydrogen-bond donors (Lipinski definition) is 9. The Bertz CT molecular complexity index is 3280. The summed E-state index contributed by atoms with van der Waals surface area (Å²) in [5.41, 5.74) is -2.62. The molecule has 0 aromatic heterocycles. The van der Waals surface area contributed by atoms with Crippen LogP contribution < -0.4 is 26.6 Å². The van der Waals surface area contributed by atoms with Crippen molar-refractivity contribution in [3.05, 3.63) is 132 Å². The van der Waals surface area contributed by atoms with Crippen LogP contribution in [0.2, 0.25) is 0 Å². The topological polar surface area (TPSA) is 453 Å². The number of piperidine rings is 1. The quantitative estimate of drug-likeness (QED) is 0.0301. The van der Waals surface area contributed by atoms with E-state index in [0.29, 0.717) is 49.2 Å². The number of benzene rings is 3. The van der Waals surface area contributed by atoms with E-state index in [9.17, 15) is 79.5 Å². The first-order valence-corrected chi connectivity index (χ1v) is 31.9. The highest BCUT2D eigenvalue weighted by Crippen LogP contribution is 2.36. The van der Waals surface area contributed by atoms with Gasteiger partial charge in [0.2, 0.25) is 18.1 Å². The summed E-state index contributed by atoms with van der Waals surface area (Å²) in [5.74, 6) is -1.17. The van der Waals surface area contributed by atoms with Crippen LogP contribution >= 0.6 is 0 Å². The molecule has 34 heteroatoms. The fourth-order valence-corrected chi connectivity index (χ4v) is 11.4. The zero-order valence-electron chi connectivity index (χ0n) is 55.7. The van der Waals surface area contributed by atoms with Crippen LogP contribution in [-0.4, -0.2) is 206 Å². The van der Waals surface area contributed by atoms with E-state index in [2.05, 4.69) is 26.6 Å². The number of non-ortho nitro benzene ring substituents is 3. The van der Waals surface area contributed by atoms with Crippen molar-refractivity contribution < 1.29 is 102 Å². The number of carbonyl (C=O) groups is 6. The molecule has 98 heavy (non-hydrogen) atoms. The molecule has 0 radical (unpaired) electrons. The van der Waals surface area contributed by atoms with E-state index in [-0.39, 0.29) is 67.9 Å². The number of nitro benzene ring substituents is 3. The van der Waals surface area contributed by atoms with Gasteiger partial charge in [-0.2, -0.15) is 0 Å². The summed E-state index contributed by atoms with van der Waals surface area (Å²) in [4.78, 5) is 116. The van der Waals surface area contributed by atoms with Crippen LogP contribution in [0.4, 0.5) is 36.2 Å². The minimum absolute atomic E-state index is 0.0180. The summed E-state index contributed by atoms with van der Waals surface area (Å²) in [6, 6.07) is 9.98. The molecule has 3 aromatic rings. The lowest BCUT2D eigenvalue weighted by Crippen LogP contribution is -2.70. The number of rotatable bonds is 26. The summed E-state index contributed by atoms with van der Waals surface area (Å²) >= 11 is 0. The van der Waals surface area contributed by atoms with Crippen molar-refractivity contribution in [2.75, 3.05) is 46.4 Å². The number of aliphatic hydroxyl groups is 4. The van der Waals surface area contributed by atoms with Crippen LogP contribution in [-0.2, 0) is 67.3 Å². The van der Waals surface area contributed by atoms with Crippen LogP contribution in [0.15, 0.2) is 84.6 Å². The zero-order chi connectivity index (χ0) is 71.8. The number of carbonyl (C=O) groups excluding carboxylic acids is 6. The molecule has 3 heterocycles. The molecule has 0 spiro atoms. The Kier molecular flexibility index (Phi) is 26.6. The van der Waals surface area contributed by atoms with E-state index >= 15 is 0 Å². The van der Waals surface area contributed by atoms with Gasteiger partial charge in [0.15, 0.2) is 6.29 Å². The van der Waals surface area contributed by atoms with Crippen molar-refractivity contribution in [1.29, 1.82) is 0 Å². The molecule has 7 rings (SSSR count). The molecule has 12 atom stereocenters. The first-order chi connectivity index (χ1) is 46.1. The summed E-state index contributed by atoms with van der Waals surface area (Å²) in [7, 11) is 1.38. The molecular weight excluding hydrogens is 1290 g/mol. The van der Waals surface area contributed by atoms with Gasteiger partial charge in [-0.3, -0.25) is 39.9 Å². The van der Waals surface area contributed by atoms with Gasteiger partial charge in [-0.15, -0.1) is 0 Å². The number of likely N-dealkylation sites (tertiary alicyclic amines) is 1. The van der Waals surface area contributed by atoms with Gasteiger partial charge in [-0.1, -0.05) is 20.8 Å². The monoisotopic (exact) mass is 1380 g/mol. The Morgan fingerprint density at radius 2 is 1.18 bits per heavy atom. The number of hydrogen-bond acceptors (Lipinski definition) is 25. The molecule has 1 aliphatic carbocycles. The fraction of sp³-hybridized carbons (Fsp3) is 0.594. The summed E-state index contributed by atoms with van der Waals surface area (Å²) in [6.45, 7) is 11.6. The second-order valence-electron chi connectivity index (χ2n) is 26.9. The fourth-order valence-electron chi connectivity index (χ4n) is 11.4. The maximum absolute atomic E-state index is 14.2. The van der Waals surface area contributed by atoms with Crippen molar-refractivity contribution in [2.45, 2.75) is 185 Å². The van der Waals surface area contributed by atoms with E-state index in [1.54, 1.807) is 31.7 Å². The van der Waals surface area contributed by atoms with Crippen molar-refractivity contribution in [3.63, 3.8) is 0 Å². The normalized spacial score (nSPS) is 24.6. The summed E-state index contributed by atoms with van der Waals surface area (Å²) in [5, 5.41) is 95.9. The van der Waals surface area contributed by atoms with Crippen LogP contribution in [0, 0.1) is 41.7 Å². The third-order valence-electron chi connectivity index (χ3n) is 16.5. The van der Waals surface area contributed by atoms with Gasteiger partial charge >= 0.3 is 24.4 Å². The van der Waals surface area contributed by atoms with Gasteiger partial charge < -0.3 is 94.7 Å². The summed E-state index contributed by atoms with van der Waals surface area (Å²) in [6.07, 6.45) is -14.4. The highest BCUT2D eigenvalue weighted by atomic mass is 16.7. The van der Waals surface area contributed by atoms with Gasteiger partial charge in [-0.25, -0.2) is 19.2 Å². The van der Waals surface area contributed by atoms with E-state index < -0.39 is 161 Å². The van der Waals surface area contributed by atoms with Gasteiger partial charge in [0, 0.05) is 69.5 Å². The molecule has 6 amide bonds. The second-order valence-corrected chi connectivity index (χ2v) is 26.9. The minimum atomic E-state index is -2.08. The lowest BCUT2D eigenvalue weighted by molar-refractivity contribution is -0.385. The number of nitrogens with zero attached hydrogens (tertiary/aromatic N) is 5. The molecule has 1 saturated carbocycles. The van der Waals surface area contributed by atoms with Crippen molar-refractivity contribution >= 4 is 53.2 Å². The van der Waals surface area contributed by atoms with Crippen LogP contribution in [0.3, 0.4) is 0 Å². The standard InChI is InChI=1S/C64H88N10O24/c1-62(2,3)30-49(76)70(8)54-51(78)57(94-36-64(54,7)84)97-52-46(67-55(79)48(75)23-26-66-58(80)91-33-38-9-15-41(16-10-38)72(85)86)29-47(69-60(82)93-35-40-13-19-43(20-14-40)74(89)90)53(50(52)77)96-56-45(68-59(81)92-34-39-11-17-42(18-12-39)73(87)88)22-21-44(95-56)32-65-31-37-24-27-71(28-25-37)61(83)98-63(4,5)6/h9-21,37,45-48,50-54,56-57,65,75,77-78,84H,22-36H2,1-8H3,(H,66,80)(H,67,79)(H,68,81)(H,69,82)/t45-,46-,47+,48+,50-,51-,52+,53-,54-,56-,57-,64+/m1/s1. The number of amides is 6. The largest absolute Gasteiger partial charge is 0.466 e. The molecule has 3 aliphatic heterocycles. The highest BCUT2D eigenvalue weighted by molar-refractivity contribution is 5.81. The molecular formula is C64H88N10O24. The van der Waals surface area contributed by atoms with E-state index in [0.717, 1.165) is 4.90 Å². The van der Waals surface area contributed by atoms with Crippen molar-refractivity contribution in [1.82, 2.24) is 36.4 Å². The smallest absolute Gasteiger partial charge is 0.410 e. The predicted molar refractivity (Wildman–Crippen MR) is 343 cm³/mol. The predicted octanol–water partition coefficient (Wildman–Crippen LogP) is 4.60. The SMILES string of the molecule is CN(C(=O)CC(C)(C)C)[C@@H]1[C@@H](O)[C@@H](O[C@@H]2[C@@H](O)[C@H](O[C@H]3OC(CNCC4CCN(C(=O)OC(C)(C)C)CC4)=CC[C@H]3NC(=O)OCc3ccc([N+](=O)[O-])cc3)[C@@H](NC(=O)OCc3ccc([N+](=O)[O-])cc3)C[C@H]2NC(=O)[C@@H](O)CCNC(=O)OCc2ccc([N+](=O)[O-])cc2)OC[C@]1(C)O. The number of likely N-dealkylation sites (N-methyl/N-ethyl adjacent to an activating group) is 1. The van der Waals surface area contributed by atoms with E-state index in [1.165, 1.54) is 86.8 Å². The second kappa shape index (κ2) is 34.1. The lowest BCUT2D eigenvalue weighted by atomic mass is 9.82. The Labute approximate surface area is 564 Å². The lowest BCUT2D eigenvalue weighted by Gasteiger charge is -2.51. The van der Waals surface area contributed by atoms with Gasteiger partial charge in [-0.05, 0) is 137 Å². The molecule has 2 saturated heterocycles.